The maximum atomic E-state index is 13.5. The van der Waals surface area contributed by atoms with Gasteiger partial charge in [0.25, 0.3) is 5.69 Å². The molecule has 0 aliphatic carbocycles. The van der Waals surface area contributed by atoms with Gasteiger partial charge in [-0.2, -0.15) is 0 Å². The number of nitro benzene ring substituents is 1. The predicted molar refractivity (Wildman–Crippen MR) is 74.7 cm³/mol. The van der Waals surface area contributed by atoms with Crippen LogP contribution < -0.4 is 5.73 Å². The van der Waals surface area contributed by atoms with E-state index in [0.29, 0.717) is 6.07 Å². The Bertz CT molecular complexity index is 565. The number of benzene rings is 1. The zero-order valence-electron chi connectivity index (χ0n) is 11.6. The Kier molecular flexibility index (Phi) is 6.07. The van der Waals surface area contributed by atoms with E-state index in [-0.39, 0.29) is 18.0 Å². The minimum absolute atomic E-state index is 0. The lowest BCUT2D eigenvalue weighted by molar-refractivity contribution is -0.385. The van der Waals surface area contributed by atoms with Crippen LogP contribution in [0.2, 0.25) is 0 Å². The van der Waals surface area contributed by atoms with Crippen molar-refractivity contribution in [1.82, 2.24) is 0 Å². The van der Waals surface area contributed by atoms with Crippen LogP contribution in [0.25, 0.3) is 0 Å². The third kappa shape index (κ3) is 3.59. The molecule has 0 bridgehead atoms. The Labute approximate surface area is 126 Å². The van der Waals surface area contributed by atoms with Gasteiger partial charge in [0.1, 0.15) is 0 Å². The lowest BCUT2D eigenvalue weighted by Gasteiger charge is -2.29. The van der Waals surface area contributed by atoms with Crippen molar-refractivity contribution in [2.75, 3.05) is 7.11 Å². The second kappa shape index (κ2) is 6.68. The van der Waals surface area contributed by atoms with Crippen LogP contribution >= 0.6 is 12.4 Å². The van der Waals surface area contributed by atoms with E-state index in [1.165, 1.54) is 13.8 Å². The fourth-order valence-corrected chi connectivity index (χ4v) is 1.73. The van der Waals surface area contributed by atoms with Gasteiger partial charge in [-0.3, -0.25) is 14.9 Å². The Balaban J connectivity index is 0.00000400. The van der Waals surface area contributed by atoms with E-state index in [1.807, 2.05) is 0 Å². The Hall–Kier alpha value is -1.93. The van der Waals surface area contributed by atoms with Crippen LogP contribution in [0.4, 0.5) is 10.1 Å². The van der Waals surface area contributed by atoms with Crippen molar-refractivity contribution in [2.45, 2.75) is 19.9 Å². The molecule has 1 aromatic rings. The van der Waals surface area contributed by atoms with Crippen LogP contribution in [0.5, 0.6) is 5.75 Å². The number of phenolic OH excluding ortho intramolecular Hbond substituents is 1. The Morgan fingerprint density at radius 1 is 1.52 bits per heavy atom. The highest BCUT2D eigenvalue weighted by Crippen LogP contribution is 2.39. The van der Waals surface area contributed by atoms with Crippen molar-refractivity contribution < 1.29 is 24.0 Å². The zero-order chi connectivity index (χ0) is 15.7. The molecular formula is C12H16ClFN2O5. The number of nitrogens with zero attached hydrogens (tertiary/aromatic N) is 1. The fraction of sp³-hybridized carbons (Fsp3) is 0.417. The molecule has 1 aromatic carbocycles. The minimum atomic E-state index is -1.30. The number of halogens is 2. The quantitative estimate of drug-likeness (QED) is 0.498. The summed E-state index contributed by atoms with van der Waals surface area (Å²) >= 11 is 0. The normalized spacial score (nSPS) is 12.2. The molecule has 0 aliphatic rings. The average Bonchev–Trinajstić information content (AvgIpc) is 2.39. The first-order chi connectivity index (χ1) is 9.12. The van der Waals surface area contributed by atoms with Crippen LogP contribution in [0.1, 0.15) is 25.5 Å². The SMILES string of the molecule is COC(=O)C(C)(C)[C@@H](N)c1cc([N+](=O)[O-])cc(F)c1O.Cl. The van der Waals surface area contributed by atoms with Gasteiger partial charge < -0.3 is 15.6 Å². The summed E-state index contributed by atoms with van der Waals surface area (Å²) < 4.78 is 18.1. The smallest absolute Gasteiger partial charge is 0.313 e. The molecule has 118 valence electrons. The highest BCUT2D eigenvalue weighted by Gasteiger charge is 2.39. The summed E-state index contributed by atoms with van der Waals surface area (Å²) in [4.78, 5) is 21.5. The summed E-state index contributed by atoms with van der Waals surface area (Å²) in [5, 5.41) is 20.4. The van der Waals surface area contributed by atoms with Gasteiger partial charge in [-0.15, -0.1) is 12.4 Å². The number of carbonyl (C=O) groups excluding carboxylic acids is 1. The van der Waals surface area contributed by atoms with Gasteiger partial charge in [-0.05, 0) is 13.8 Å². The van der Waals surface area contributed by atoms with E-state index < -0.39 is 39.6 Å². The fourth-order valence-electron chi connectivity index (χ4n) is 1.73. The average molecular weight is 323 g/mol. The van der Waals surface area contributed by atoms with E-state index in [9.17, 15) is 24.4 Å². The second-order valence-corrected chi connectivity index (χ2v) is 4.81. The van der Waals surface area contributed by atoms with Gasteiger partial charge in [0.2, 0.25) is 0 Å². The number of phenols is 1. The van der Waals surface area contributed by atoms with E-state index >= 15 is 0 Å². The lowest BCUT2D eigenvalue weighted by Crippen LogP contribution is -2.37. The molecule has 0 aliphatic heterocycles. The molecule has 0 radical (unpaired) electrons. The molecule has 0 heterocycles. The van der Waals surface area contributed by atoms with Crippen LogP contribution in [0.15, 0.2) is 12.1 Å². The molecule has 9 heteroatoms. The number of carbonyl (C=O) groups is 1. The molecular weight excluding hydrogens is 307 g/mol. The first kappa shape index (κ1) is 19.1. The van der Waals surface area contributed by atoms with Gasteiger partial charge in [0.15, 0.2) is 11.6 Å². The van der Waals surface area contributed by atoms with Gasteiger partial charge in [-0.25, -0.2) is 4.39 Å². The summed E-state index contributed by atoms with van der Waals surface area (Å²) in [6.45, 7) is 2.86. The van der Waals surface area contributed by atoms with Crippen molar-refractivity contribution >= 4 is 24.1 Å². The third-order valence-electron chi connectivity index (χ3n) is 3.11. The maximum absolute atomic E-state index is 13.5. The minimum Gasteiger partial charge on any atom is -0.505 e. The van der Waals surface area contributed by atoms with Crippen LogP contribution in [0, 0.1) is 21.3 Å². The van der Waals surface area contributed by atoms with E-state index in [2.05, 4.69) is 4.74 Å². The number of ether oxygens (including phenoxy) is 1. The molecule has 0 saturated carbocycles. The summed E-state index contributed by atoms with van der Waals surface area (Å²) in [6.07, 6.45) is 0. The highest BCUT2D eigenvalue weighted by molar-refractivity contribution is 5.85. The van der Waals surface area contributed by atoms with Gasteiger partial charge in [-0.1, -0.05) is 0 Å². The Morgan fingerprint density at radius 3 is 2.48 bits per heavy atom. The highest BCUT2D eigenvalue weighted by atomic mass is 35.5. The molecule has 0 fully saturated rings. The predicted octanol–water partition coefficient (Wildman–Crippen LogP) is 2.06. The van der Waals surface area contributed by atoms with Crippen molar-refractivity contribution in [3.05, 3.63) is 33.6 Å². The van der Waals surface area contributed by atoms with Gasteiger partial charge in [0, 0.05) is 17.7 Å². The number of hydrogen-bond donors (Lipinski definition) is 2. The van der Waals surface area contributed by atoms with E-state index in [0.717, 1.165) is 13.2 Å². The molecule has 7 nitrogen and oxygen atoms in total. The number of hydrogen-bond acceptors (Lipinski definition) is 6. The largest absolute Gasteiger partial charge is 0.505 e. The molecule has 0 saturated heterocycles. The molecule has 0 aromatic heterocycles. The van der Waals surface area contributed by atoms with Gasteiger partial charge in [0.05, 0.1) is 23.5 Å². The van der Waals surface area contributed by atoms with E-state index in [4.69, 9.17) is 5.73 Å². The number of nitrogens with two attached hydrogens (primary N) is 1. The summed E-state index contributed by atoms with van der Waals surface area (Å²) in [6, 6.07) is 0.342. The molecule has 0 unspecified atom stereocenters. The molecule has 0 spiro atoms. The molecule has 21 heavy (non-hydrogen) atoms. The molecule has 3 N–H and O–H groups in total. The van der Waals surface area contributed by atoms with Crippen LogP contribution in [-0.2, 0) is 9.53 Å². The second-order valence-electron chi connectivity index (χ2n) is 4.81. The number of nitro groups is 1. The van der Waals surface area contributed by atoms with Crippen molar-refractivity contribution in [3.63, 3.8) is 0 Å². The molecule has 1 atom stereocenters. The summed E-state index contributed by atoms with van der Waals surface area (Å²) in [7, 11) is 1.16. The van der Waals surface area contributed by atoms with Crippen molar-refractivity contribution in [2.24, 2.45) is 11.1 Å². The van der Waals surface area contributed by atoms with Crippen LogP contribution in [-0.4, -0.2) is 23.1 Å². The number of non-ortho nitro benzene ring substituents is 1. The molecule has 0 amide bonds. The number of rotatable bonds is 4. The molecule has 1 rings (SSSR count). The standard InChI is InChI=1S/C12H15FN2O5.ClH/c1-12(2,11(17)20-3)10(14)7-4-6(15(18)19)5-8(13)9(7)16;/h4-5,10,16H,14H2,1-3H3;1H/t10-;/m0./s1. The number of esters is 1. The topological polar surface area (TPSA) is 116 Å². The van der Waals surface area contributed by atoms with Crippen molar-refractivity contribution in [3.8, 4) is 5.75 Å². The van der Waals surface area contributed by atoms with E-state index in [1.54, 1.807) is 0 Å². The first-order valence-electron chi connectivity index (χ1n) is 5.63. The number of aromatic hydroxyl groups is 1. The van der Waals surface area contributed by atoms with Crippen LogP contribution in [0.3, 0.4) is 0 Å². The monoisotopic (exact) mass is 322 g/mol. The maximum Gasteiger partial charge on any atom is 0.313 e. The summed E-state index contributed by atoms with van der Waals surface area (Å²) in [5.41, 5.74) is 3.75. The number of methoxy groups -OCH3 is 1. The zero-order valence-corrected chi connectivity index (χ0v) is 12.4. The van der Waals surface area contributed by atoms with Crippen molar-refractivity contribution in [1.29, 1.82) is 0 Å². The third-order valence-corrected chi connectivity index (χ3v) is 3.11. The summed E-state index contributed by atoms with van der Waals surface area (Å²) in [5.74, 6) is -2.68. The Morgan fingerprint density at radius 2 is 2.05 bits per heavy atom. The van der Waals surface area contributed by atoms with Gasteiger partial charge >= 0.3 is 5.97 Å². The first-order valence-corrected chi connectivity index (χ1v) is 5.63. The lowest BCUT2D eigenvalue weighted by atomic mass is 9.80.